The molecule has 0 aromatic carbocycles. The Morgan fingerprint density at radius 3 is 2.60 bits per heavy atom. The van der Waals surface area contributed by atoms with Gasteiger partial charge < -0.3 is 10.2 Å². The van der Waals surface area contributed by atoms with Crippen molar-refractivity contribution in [2.24, 2.45) is 0 Å². The van der Waals surface area contributed by atoms with Crippen LogP contribution >= 0.6 is 0 Å². The van der Waals surface area contributed by atoms with Gasteiger partial charge in [-0.15, -0.1) is 0 Å². The van der Waals surface area contributed by atoms with Crippen molar-refractivity contribution in [3.8, 4) is 0 Å². The first kappa shape index (κ1) is 6.62. The summed E-state index contributed by atoms with van der Waals surface area (Å²) in [4.78, 5) is 2.44. The Hall–Kier alpha value is -0.0800. The highest BCUT2D eigenvalue weighted by molar-refractivity contribution is 5.00. The van der Waals surface area contributed by atoms with Gasteiger partial charge in [0.25, 0.3) is 0 Å². The second-order valence-corrected chi connectivity index (χ2v) is 3.80. The Labute approximate surface area is 62.6 Å². The third-order valence-electron chi connectivity index (χ3n) is 2.88. The second kappa shape index (κ2) is 2.21. The lowest BCUT2D eigenvalue weighted by molar-refractivity contribution is 0.0870. The van der Waals surface area contributed by atoms with Crippen LogP contribution in [0.15, 0.2) is 0 Å². The zero-order chi connectivity index (χ0) is 7.03. The maximum Gasteiger partial charge on any atom is 0.0309 e. The Balaban J connectivity index is 1.96. The normalized spacial score (nSPS) is 32.1. The third-order valence-corrected chi connectivity index (χ3v) is 2.88. The Morgan fingerprint density at radius 1 is 1.40 bits per heavy atom. The van der Waals surface area contributed by atoms with Gasteiger partial charge in [-0.2, -0.15) is 0 Å². The average Bonchev–Trinajstić information content (AvgIpc) is 1.85. The van der Waals surface area contributed by atoms with Crippen molar-refractivity contribution in [1.82, 2.24) is 10.2 Å². The lowest BCUT2D eigenvalue weighted by Gasteiger charge is -2.48. The summed E-state index contributed by atoms with van der Waals surface area (Å²) in [6, 6.07) is 0. The van der Waals surface area contributed by atoms with Crippen molar-refractivity contribution in [2.45, 2.75) is 24.8 Å². The van der Waals surface area contributed by atoms with Gasteiger partial charge in [0, 0.05) is 25.2 Å². The molecule has 2 rings (SSSR count). The molecule has 2 heteroatoms. The van der Waals surface area contributed by atoms with E-state index >= 15 is 0 Å². The van der Waals surface area contributed by atoms with Gasteiger partial charge in [-0.3, -0.25) is 0 Å². The predicted molar refractivity (Wildman–Crippen MR) is 42.1 cm³/mol. The van der Waals surface area contributed by atoms with Crippen LogP contribution in [0, 0.1) is 0 Å². The van der Waals surface area contributed by atoms with Crippen LogP contribution in [0.3, 0.4) is 0 Å². The molecule has 10 heavy (non-hydrogen) atoms. The summed E-state index contributed by atoms with van der Waals surface area (Å²) in [5, 5.41) is 3.62. The van der Waals surface area contributed by atoms with E-state index in [2.05, 4.69) is 17.3 Å². The van der Waals surface area contributed by atoms with Crippen LogP contribution in [0.1, 0.15) is 19.3 Å². The standard InChI is InChI=1S/C8H16N2/c1-10-6-5-9-8(7-10)3-2-4-8/h9H,2-7H2,1H3. The number of rotatable bonds is 0. The molecule has 2 fully saturated rings. The van der Waals surface area contributed by atoms with E-state index in [9.17, 15) is 0 Å². The third kappa shape index (κ3) is 0.956. The van der Waals surface area contributed by atoms with Crippen molar-refractivity contribution in [2.75, 3.05) is 26.7 Å². The maximum absolute atomic E-state index is 3.62. The number of piperazine rings is 1. The lowest BCUT2D eigenvalue weighted by Crippen LogP contribution is -2.62. The molecule has 58 valence electrons. The van der Waals surface area contributed by atoms with E-state index in [1.54, 1.807) is 0 Å². The second-order valence-electron chi connectivity index (χ2n) is 3.80. The van der Waals surface area contributed by atoms with Gasteiger partial charge in [-0.05, 0) is 26.3 Å². The molecular weight excluding hydrogens is 124 g/mol. The molecule has 2 nitrogen and oxygen atoms in total. The fraction of sp³-hybridized carbons (Fsp3) is 1.00. The van der Waals surface area contributed by atoms with Crippen LogP contribution < -0.4 is 5.32 Å². The molecule has 1 saturated carbocycles. The van der Waals surface area contributed by atoms with E-state index in [1.807, 2.05) is 0 Å². The molecule has 0 aromatic rings. The van der Waals surface area contributed by atoms with Crippen molar-refractivity contribution in [3.63, 3.8) is 0 Å². The average molecular weight is 140 g/mol. The lowest BCUT2D eigenvalue weighted by atomic mass is 9.75. The summed E-state index contributed by atoms with van der Waals surface area (Å²) in [5.41, 5.74) is 0.549. The van der Waals surface area contributed by atoms with Crippen LogP contribution in [0.5, 0.6) is 0 Å². The first-order valence-electron chi connectivity index (χ1n) is 4.24. The molecule has 1 heterocycles. The van der Waals surface area contributed by atoms with Crippen LogP contribution in [0.2, 0.25) is 0 Å². The zero-order valence-electron chi connectivity index (χ0n) is 6.69. The summed E-state index contributed by atoms with van der Waals surface area (Å²) in [7, 11) is 2.22. The van der Waals surface area contributed by atoms with Gasteiger partial charge in [0.15, 0.2) is 0 Å². The first-order chi connectivity index (χ1) is 4.81. The van der Waals surface area contributed by atoms with E-state index in [0.717, 1.165) is 0 Å². The molecule has 0 bridgehead atoms. The number of likely N-dealkylation sites (N-methyl/N-ethyl adjacent to an activating group) is 1. The molecule has 0 radical (unpaired) electrons. The first-order valence-corrected chi connectivity index (χ1v) is 4.24. The predicted octanol–water partition coefficient (Wildman–Crippen LogP) is 0.444. The molecular formula is C8H16N2. The summed E-state index contributed by atoms with van der Waals surface area (Å²) in [6.07, 6.45) is 4.23. The number of hydrogen-bond donors (Lipinski definition) is 1. The summed E-state index contributed by atoms with van der Waals surface area (Å²) in [6.45, 7) is 3.69. The highest BCUT2D eigenvalue weighted by atomic mass is 15.2. The minimum Gasteiger partial charge on any atom is -0.309 e. The maximum atomic E-state index is 3.62. The van der Waals surface area contributed by atoms with Gasteiger partial charge in [0.1, 0.15) is 0 Å². The minimum absolute atomic E-state index is 0.549. The van der Waals surface area contributed by atoms with E-state index in [1.165, 1.54) is 38.9 Å². The van der Waals surface area contributed by atoms with E-state index < -0.39 is 0 Å². The van der Waals surface area contributed by atoms with E-state index in [-0.39, 0.29) is 0 Å². The molecule has 0 amide bonds. The highest BCUT2D eigenvalue weighted by Gasteiger charge is 2.39. The van der Waals surface area contributed by atoms with Crippen molar-refractivity contribution >= 4 is 0 Å². The molecule has 1 saturated heterocycles. The van der Waals surface area contributed by atoms with Gasteiger partial charge in [-0.1, -0.05) is 0 Å². The Morgan fingerprint density at radius 2 is 2.20 bits per heavy atom. The summed E-state index contributed by atoms with van der Waals surface area (Å²) < 4.78 is 0. The number of hydrogen-bond acceptors (Lipinski definition) is 2. The van der Waals surface area contributed by atoms with Gasteiger partial charge >= 0.3 is 0 Å². The van der Waals surface area contributed by atoms with E-state index in [4.69, 9.17) is 0 Å². The van der Waals surface area contributed by atoms with Crippen LogP contribution in [0.25, 0.3) is 0 Å². The SMILES string of the molecule is CN1CCNC2(CCC2)C1. The van der Waals surface area contributed by atoms with E-state index in [0.29, 0.717) is 5.54 Å². The zero-order valence-corrected chi connectivity index (χ0v) is 6.69. The van der Waals surface area contributed by atoms with Crippen molar-refractivity contribution in [1.29, 1.82) is 0 Å². The van der Waals surface area contributed by atoms with Crippen LogP contribution in [-0.2, 0) is 0 Å². The number of nitrogens with zero attached hydrogens (tertiary/aromatic N) is 1. The van der Waals surface area contributed by atoms with Gasteiger partial charge in [-0.25, -0.2) is 0 Å². The monoisotopic (exact) mass is 140 g/mol. The topological polar surface area (TPSA) is 15.3 Å². The van der Waals surface area contributed by atoms with Gasteiger partial charge in [0.2, 0.25) is 0 Å². The summed E-state index contributed by atoms with van der Waals surface area (Å²) in [5.74, 6) is 0. The van der Waals surface area contributed by atoms with Crippen LogP contribution in [-0.4, -0.2) is 37.1 Å². The molecule has 1 spiro atoms. The quantitative estimate of drug-likeness (QED) is 0.525. The molecule has 2 aliphatic rings. The van der Waals surface area contributed by atoms with Crippen molar-refractivity contribution in [3.05, 3.63) is 0 Å². The fourth-order valence-electron chi connectivity index (χ4n) is 2.10. The minimum atomic E-state index is 0.549. The molecule has 0 atom stereocenters. The van der Waals surface area contributed by atoms with Crippen molar-refractivity contribution < 1.29 is 0 Å². The molecule has 0 unspecified atom stereocenters. The van der Waals surface area contributed by atoms with Gasteiger partial charge in [0.05, 0.1) is 0 Å². The molecule has 0 aromatic heterocycles. The Kier molecular flexibility index (Phi) is 1.46. The number of nitrogens with one attached hydrogen (secondary N) is 1. The fourth-order valence-corrected chi connectivity index (χ4v) is 2.10. The largest absolute Gasteiger partial charge is 0.309 e. The summed E-state index contributed by atoms with van der Waals surface area (Å²) >= 11 is 0. The highest BCUT2D eigenvalue weighted by Crippen LogP contribution is 2.33. The Bertz CT molecular complexity index is 129. The van der Waals surface area contributed by atoms with Crippen LogP contribution in [0.4, 0.5) is 0 Å². The molecule has 1 N–H and O–H groups in total. The smallest absolute Gasteiger partial charge is 0.0309 e. The molecule has 1 aliphatic carbocycles. The molecule has 1 aliphatic heterocycles.